The third kappa shape index (κ3) is 1.99. The molecule has 1 heterocycles. The van der Waals surface area contributed by atoms with Crippen molar-refractivity contribution in [1.29, 1.82) is 0 Å². The molecular formula is C16H15NO3. The number of aryl methyl sites for hydroxylation is 1. The molecule has 0 aliphatic rings. The number of esters is 1. The van der Waals surface area contributed by atoms with Crippen LogP contribution < -0.4 is 9.47 Å². The van der Waals surface area contributed by atoms with Crippen molar-refractivity contribution in [3.63, 3.8) is 0 Å². The lowest BCUT2D eigenvalue weighted by molar-refractivity contribution is -0.131. The summed E-state index contributed by atoms with van der Waals surface area (Å²) in [6.45, 7) is 3.38. The zero-order chi connectivity index (χ0) is 14.3. The lowest BCUT2D eigenvalue weighted by Crippen LogP contribution is -2.02. The van der Waals surface area contributed by atoms with Crippen LogP contribution in [0.2, 0.25) is 0 Å². The standard InChI is InChI=1S/C16H15NO3/c1-9-6-13-12-8-11(19-3)4-5-14(12)17-16(13)15(7-9)20-10(2)18/h4-8,17H,1-3H3. The van der Waals surface area contributed by atoms with Crippen molar-refractivity contribution >= 4 is 27.8 Å². The number of H-pyrrole nitrogens is 1. The van der Waals surface area contributed by atoms with Crippen LogP contribution in [0.3, 0.4) is 0 Å². The largest absolute Gasteiger partial charge is 0.497 e. The summed E-state index contributed by atoms with van der Waals surface area (Å²) in [7, 11) is 1.64. The van der Waals surface area contributed by atoms with E-state index in [-0.39, 0.29) is 5.97 Å². The zero-order valence-corrected chi connectivity index (χ0v) is 11.6. The van der Waals surface area contributed by atoms with Crippen LogP contribution >= 0.6 is 0 Å². The third-order valence-electron chi connectivity index (χ3n) is 3.28. The predicted molar refractivity (Wildman–Crippen MR) is 78.4 cm³/mol. The summed E-state index contributed by atoms with van der Waals surface area (Å²) in [6.07, 6.45) is 0. The Bertz CT molecular complexity index is 817. The third-order valence-corrected chi connectivity index (χ3v) is 3.28. The number of nitrogens with one attached hydrogen (secondary N) is 1. The number of benzene rings is 2. The summed E-state index contributed by atoms with van der Waals surface area (Å²) in [6, 6.07) is 9.76. The first kappa shape index (κ1) is 12.5. The Hall–Kier alpha value is -2.49. The van der Waals surface area contributed by atoms with Gasteiger partial charge in [-0.3, -0.25) is 4.79 Å². The topological polar surface area (TPSA) is 51.3 Å². The molecule has 102 valence electrons. The number of carbonyl (C=O) groups is 1. The molecule has 1 N–H and O–H groups in total. The number of ether oxygens (including phenoxy) is 2. The molecule has 0 unspecified atom stereocenters. The summed E-state index contributed by atoms with van der Waals surface area (Å²) in [4.78, 5) is 14.5. The van der Waals surface area contributed by atoms with Crippen LogP contribution in [0.15, 0.2) is 30.3 Å². The molecule has 2 aromatic carbocycles. The number of hydrogen-bond donors (Lipinski definition) is 1. The number of carbonyl (C=O) groups excluding carboxylic acids is 1. The Kier molecular flexibility index (Phi) is 2.86. The van der Waals surface area contributed by atoms with E-state index in [0.717, 1.165) is 33.1 Å². The van der Waals surface area contributed by atoms with E-state index < -0.39 is 0 Å². The Labute approximate surface area is 116 Å². The summed E-state index contributed by atoms with van der Waals surface area (Å²) < 4.78 is 10.6. The van der Waals surface area contributed by atoms with E-state index in [1.807, 2.05) is 31.2 Å². The van der Waals surface area contributed by atoms with Gasteiger partial charge in [0, 0.05) is 23.2 Å². The Balaban J connectivity index is 2.35. The molecule has 0 spiro atoms. The molecular weight excluding hydrogens is 254 g/mol. The van der Waals surface area contributed by atoms with E-state index >= 15 is 0 Å². The highest BCUT2D eigenvalue weighted by molar-refractivity contribution is 6.10. The summed E-state index contributed by atoms with van der Waals surface area (Å²) in [5, 5.41) is 2.08. The zero-order valence-electron chi connectivity index (χ0n) is 11.6. The Morgan fingerprint density at radius 3 is 2.65 bits per heavy atom. The first-order valence-electron chi connectivity index (χ1n) is 6.37. The second kappa shape index (κ2) is 4.56. The molecule has 3 rings (SSSR count). The number of rotatable bonds is 2. The second-order valence-electron chi connectivity index (χ2n) is 4.82. The van der Waals surface area contributed by atoms with Gasteiger partial charge in [0.05, 0.1) is 12.6 Å². The van der Waals surface area contributed by atoms with Gasteiger partial charge in [-0.2, -0.15) is 0 Å². The van der Waals surface area contributed by atoms with Gasteiger partial charge in [0.2, 0.25) is 0 Å². The molecule has 0 saturated heterocycles. The number of aromatic amines is 1. The maximum Gasteiger partial charge on any atom is 0.308 e. The first-order chi connectivity index (χ1) is 9.58. The van der Waals surface area contributed by atoms with E-state index in [1.54, 1.807) is 7.11 Å². The minimum Gasteiger partial charge on any atom is -0.497 e. The molecule has 0 aliphatic heterocycles. The molecule has 0 radical (unpaired) electrons. The minimum atomic E-state index is -0.326. The normalized spacial score (nSPS) is 10.9. The predicted octanol–water partition coefficient (Wildman–Crippen LogP) is 3.56. The quantitative estimate of drug-likeness (QED) is 0.571. The van der Waals surface area contributed by atoms with Crippen LogP contribution in [-0.4, -0.2) is 18.1 Å². The van der Waals surface area contributed by atoms with Crippen molar-refractivity contribution in [2.45, 2.75) is 13.8 Å². The molecule has 3 aromatic rings. The fraction of sp³-hybridized carbons (Fsp3) is 0.188. The van der Waals surface area contributed by atoms with Crippen molar-refractivity contribution in [3.05, 3.63) is 35.9 Å². The number of hydrogen-bond acceptors (Lipinski definition) is 3. The fourth-order valence-electron chi connectivity index (χ4n) is 2.45. The van der Waals surface area contributed by atoms with Gasteiger partial charge in [-0.25, -0.2) is 0 Å². The van der Waals surface area contributed by atoms with Gasteiger partial charge >= 0.3 is 5.97 Å². The van der Waals surface area contributed by atoms with Crippen LogP contribution in [0.5, 0.6) is 11.5 Å². The van der Waals surface area contributed by atoms with Gasteiger partial charge in [-0.05, 0) is 42.8 Å². The van der Waals surface area contributed by atoms with E-state index in [1.165, 1.54) is 6.92 Å². The molecule has 4 heteroatoms. The molecule has 0 atom stereocenters. The summed E-state index contributed by atoms with van der Waals surface area (Å²) in [5.74, 6) is 1.03. The molecule has 0 saturated carbocycles. The van der Waals surface area contributed by atoms with Gasteiger partial charge in [-0.1, -0.05) is 0 Å². The summed E-state index contributed by atoms with van der Waals surface area (Å²) >= 11 is 0. The SMILES string of the molecule is COc1ccc2[nH]c3c(OC(C)=O)cc(C)cc3c2c1. The van der Waals surface area contributed by atoms with Gasteiger partial charge < -0.3 is 14.5 Å². The number of fused-ring (bicyclic) bond motifs is 3. The smallest absolute Gasteiger partial charge is 0.308 e. The van der Waals surface area contributed by atoms with Gasteiger partial charge in [0.25, 0.3) is 0 Å². The van der Waals surface area contributed by atoms with E-state index in [4.69, 9.17) is 9.47 Å². The average Bonchev–Trinajstić information content (AvgIpc) is 2.76. The lowest BCUT2D eigenvalue weighted by Gasteiger charge is -2.04. The fourth-order valence-corrected chi connectivity index (χ4v) is 2.45. The van der Waals surface area contributed by atoms with Crippen LogP contribution in [0.4, 0.5) is 0 Å². The van der Waals surface area contributed by atoms with Gasteiger partial charge in [0.1, 0.15) is 5.75 Å². The molecule has 0 amide bonds. The van der Waals surface area contributed by atoms with Crippen molar-refractivity contribution in [2.24, 2.45) is 0 Å². The molecule has 0 fully saturated rings. The van der Waals surface area contributed by atoms with Crippen LogP contribution in [-0.2, 0) is 4.79 Å². The van der Waals surface area contributed by atoms with E-state index in [9.17, 15) is 4.79 Å². The highest BCUT2D eigenvalue weighted by Gasteiger charge is 2.12. The molecule has 4 nitrogen and oxygen atoms in total. The number of methoxy groups -OCH3 is 1. The van der Waals surface area contributed by atoms with Crippen LogP contribution in [0.1, 0.15) is 12.5 Å². The maximum atomic E-state index is 11.2. The van der Waals surface area contributed by atoms with Crippen LogP contribution in [0, 0.1) is 6.92 Å². The monoisotopic (exact) mass is 269 g/mol. The maximum absolute atomic E-state index is 11.2. The molecule has 0 aliphatic carbocycles. The Morgan fingerprint density at radius 1 is 1.15 bits per heavy atom. The van der Waals surface area contributed by atoms with E-state index in [0.29, 0.717) is 5.75 Å². The van der Waals surface area contributed by atoms with Crippen molar-refractivity contribution in [2.75, 3.05) is 7.11 Å². The van der Waals surface area contributed by atoms with Gasteiger partial charge in [-0.15, -0.1) is 0 Å². The molecule has 20 heavy (non-hydrogen) atoms. The van der Waals surface area contributed by atoms with Crippen molar-refractivity contribution in [3.8, 4) is 11.5 Å². The highest BCUT2D eigenvalue weighted by atomic mass is 16.5. The van der Waals surface area contributed by atoms with Crippen molar-refractivity contribution < 1.29 is 14.3 Å². The Morgan fingerprint density at radius 2 is 1.95 bits per heavy atom. The van der Waals surface area contributed by atoms with Crippen LogP contribution in [0.25, 0.3) is 21.8 Å². The average molecular weight is 269 g/mol. The lowest BCUT2D eigenvalue weighted by atomic mass is 10.1. The summed E-state index contributed by atoms with van der Waals surface area (Å²) in [5.41, 5.74) is 2.85. The van der Waals surface area contributed by atoms with Crippen molar-refractivity contribution in [1.82, 2.24) is 4.98 Å². The number of aromatic nitrogens is 1. The van der Waals surface area contributed by atoms with Gasteiger partial charge in [0.15, 0.2) is 5.75 Å². The minimum absolute atomic E-state index is 0.326. The molecule has 1 aromatic heterocycles. The molecule has 0 bridgehead atoms. The van der Waals surface area contributed by atoms with E-state index in [2.05, 4.69) is 11.1 Å². The highest BCUT2D eigenvalue weighted by Crippen LogP contribution is 2.34. The first-order valence-corrected chi connectivity index (χ1v) is 6.37. The second-order valence-corrected chi connectivity index (χ2v) is 4.82.